The van der Waals surface area contributed by atoms with Gasteiger partial charge in [-0.3, -0.25) is 18.8 Å². The van der Waals surface area contributed by atoms with Crippen molar-refractivity contribution in [2.45, 2.75) is 114 Å². The van der Waals surface area contributed by atoms with Crippen LogP contribution in [-0.2, 0) is 37.4 Å². The Bertz CT molecular complexity index is 1960. The van der Waals surface area contributed by atoms with Crippen molar-refractivity contribution in [2.24, 2.45) is 0 Å². The first-order valence-electron chi connectivity index (χ1n) is 17.7. The summed E-state index contributed by atoms with van der Waals surface area (Å²) in [5.41, 5.74) is 7.53. The lowest BCUT2D eigenvalue weighted by Gasteiger charge is -2.38. The second kappa shape index (κ2) is 17.2. The first-order valence-corrected chi connectivity index (χ1v) is 19.2. The van der Waals surface area contributed by atoms with E-state index in [1.165, 1.54) is 17.2 Å². The maximum Gasteiger partial charge on any atom is 0.529 e. The first-order chi connectivity index (χ1) is 25.8. The number of nitrogen functional groups attached to an aromatic ring is 1. The van der Waals surface area contributed by atoms with Crippen LogP contribution in [-0.4, -0.2) is 112 Å². The zero-order valence-corrected chi connectivity index (χ0v) is 30.6. The number of anilines is 1. The summed E-state index contributed by atoms with van der Waals surface area (Å²) in [6, 6.07) is 7.40. The molecule has 7 N–H and O–H groups in total. The predicted octanol–water partition coefficient (Wildman–Crippen LogP) is 2.64. The Kier molecular flexibility index (Phi) is 12.6. The van der Waals surface area contributed by atoms with Crippen molar-refractivity contribution in [3.05, 3.63) is 48.7 Å². The van der Waals surface area contributed by atoms with Gasteiger partial charge in [-0.1, -0.05) is 37.5 Å². The highest BCUT2D eigenvalue weighted by molar-refractivity contribution is 7.48. The smallest absolute Gasteiger partial charge is 0.456 e. The highest BCUT2D eigenvalue weighted by Crippen LogP contribution is 2.45. The summed E-state index contributed by atoms with van der Waals surface area (Å²) in [4.78, 5) is 50.3. The van der Waals surface area contributed by atoms with Crippen LogP contribution in [0.15, 0.2) is 43.1 Å². The van der Waals surface area contributed by atoms with E-state index in [1.54, 1.807) is 13.1 Å². The molecule has 0 spiro atoms. The number of phosphoric acid groups is 1. The van der Waals surface area contributed by atoms with Crippen LogP contribution in [0.25, 0.3) is 22.1 Å². The fraction of sp³-hybridized carbons (Fsp3) is 0.559. The predicted molar refractivity (Wildman–Crippen MR) is 188 cm³/mol. The number of ether oxygens (including phenoxy) is 4. The van der Waals surface area contributed by atoms with Crippen molar-refractivity contribution < 1.29 is 62.4 Å². The van der Waals surface area contributed by atoms with Crippen LogP contribution in [0, 0.1) is 0 Å². The quantitative estimate of drug-likeness (QED) is 0.0542. The third-order valence-corrected chi connectivity index (χ3v) is 10.4. The summed E-state index contributed by atoms with van der Waals surface area (Å²) in [5.74, 6) is -1.33. The molecule has 4 aromatic rings. The van der Waals surface area contributed by atoms with E-state index in [0.29, 0.717) is 24.8 Å². The van der Waals surface area contributed by atoms with Gasteiger partial charge in [0, 0.05) is 29.9 Å². The zero-order valence-electron chi connectivity index (χ0n) is 29.7. The van der Waals surface area contributed by atoms with Crippen molar-refractivity contribution in [3.63, 3.8) is 0 Å². The molecule has 294 valence electrons. The van der Waals surface area contributed by atoms with E-state index >= 15 is 0 Å². The SMILES string of the molecule is C[C@H](CCCCCCC(=O)OP(=O)(O)OC[C@H]1O[C@@H](n2cnc3c(N)ncnc32)[C@H](O)[C@@H]1O)O[C@@H]1O[C@@H](C)[C@H](OC(=O)c2c[nH]c3ccccc23)C[C@H]1O. The average molecular weight is 777 g/mol. The number of aromatic nitrogens is 5. The molecule has 2 saturated heterocycles. The lowest BCUT2D eigenvalue weighted by molar-refractivity contribution is -0.273. The number of imidazole rings is 1. The Hall–Kier alpha value is -4.04. The molecule has 2 fully saturated rings. The van der Waals surface area contributed by atoms with Gasteiger partial charge >= 0.3 is 19.8 Å². The van der Waals surface area contributed by atoms with Gasteiger partial charge in [0.15, 0.2) is 24.0 Å². The number of H-pyrrole nitrogens is 1. The number of nitrogens with one attached hydrogen (secondary N) is 1. The number of esters is 1. The number of benzene rings is 1. The maximum absolute atomic E-state index is 12.9. The summed E-state index contributed by atoms with van der Waals surface area (Å²) >= 11 is 0. The van der Waals surface area contributed by atoms with Crippen molar-refractivity contribution in [3.8, 4) is 0 Å². The Morgan fingerprint density at radius 1 is 1.09 bits per heavy atom. The Balaban J connectivity index is 0.844. The molecular formula is C34H45N6O13P. The Labute approximate surface area is 309 Å². The largest absolute Gasteiger partial charge is 0.529 e. The van der Waals surface area contributed by atoms with E-state index in [2.05, 4.69) is 24.5 Å². The van der Waals surface area contributed by atoms with Crippen LogP contribution in [0.2, 0.25) is 0 Å². The number of nitrogens with zero attached hydrogens (tertiary/aromatic N) is 4. The third kappa shape index (κ3) is 9.24. The molecule has 1 unspecified atom stereocenters. The number of rotatable bonds is 16. The summed E-state index contributed by atoms with van der Waals surface area (Å²) in [6.07, 6.45) is -1.43. The molecule has 19 nitrogen and oxygen atoms in total. The molecular weight excluding hydrogens is 731 g/mol. The Morgan fingerprint density at radius 3 is 2.69 bits per heavy atom. The van der Waals surface area contributed by atoms with Gasteiger partial charge in [0.05, 0.1) is 30.7 Å². The number of aromatic amines is 1. The van der Waals surface area contributed by atoms with Gasteiger partial charge in [0.1, 0.15) is 42.4 Å². The molecule has 0 bridgehead atoms. The minimum Gasteiger partial charge on any atom is -0.456 e. The molecule has 2 aliphatic heterocycles. The number of para-hydroxylation sites is 1. The van der Waals surface area contributed by atoms with Crippen molar-refractivity contribution >= 4 is 47.6 Å². The van der Waals surface area contributed by atoms with E-state index in [0.717, 1.165) is 23.7 Å². The number of hydrogen-bond acceptors (Lipinski definition) is 16. The molecule has 0 amide bonds. The number of aliphatic hydroxyl groups is 3. The number of unbranched alkanes of at least 4 members (excludes halogenated alkanes) is 3. The third-order valence-electron chi connectivity index (χ3n) is 9.45. The van der Waals surface area contributed by atoms with Gasteiger partial charge in [0.25, 0.3) is 0 Å². The molecule has 2 aliphatic rings. The number of hydrogen-bond donors (Lipinski definition) is 6. The molecule has 6 rings (SSSR count). The number of nitrogens with two attached hydrogens (primary N) is 1. The van der Waals surface area contributed by atoms with Gasteiger partial charge in [-0.15, -0.1) is 0 Å². The molecule has 0 radical (unpaired) electrons. The maximum atomic E-state index is 12.9. The minimum atomic E-state index is -4.86. The van der Waals surface area contributed by atoms with Crippen molar-refractivity contribution in [1.82, 2.24) is 24.5 Å². The van der Waals surface area contributed by atoms with E-state index in [-0.39, 0.29) is 35.9 Å². The van der Waals surface area contributed by atoms with Crippen LogP contribution in [0.4, 0.5) is 5.82 Å². The minimum absolute atomic E-state index is 0.108. The summed E-state index contributed by atoms with van der Waals surface area (Å²) in [7, 11) is -4.86. The van der Waals surface area contributed by atoms with Crippen LogP contribution in [0.5, 0.6) is 0 Å². The molecule has 1 aromatic carbocycles. The van der Waals surface area contributed by atoms with Crippen LogP contribution in [0.1, 0.15) is 75.4 Å². The average Bonchev–Trinajstić information content (AvgIpc) is 3.83. The monoisotopic (exact) mass is 776 g/mol. The highest BCUT2D eigenvalue weighted by atomic mass is 31.2. The number of fused-ring (bicyclic) bond motifs is 2. The van der Waals surface area contributed by atoms with Crippen LogP contribution >= 0.6 is 7.82 Å². The normalized spacial score (nSPS) is 27.5. The fourth-order valence-electron chi connectivity index (χ4n) is 6.51. The topological polar surface area (TPSA) is 273 Å². The Morgan fingerprint density at radius 2 is 1.87 bits per heavy atom. The fourth-order valence-corrected chi connectivity index (χ4v) is 7.25. The van der Waals surface area contributed by atoms with E-state index in [4.69, 9.17) is 29.2 Å². The van der Waals surface area contributed by atoms with E-state index in [9.17, 15) is 34.4 Å². The molecule has 0 saturated carbocycles. The lowest BCUT2D eigenvalue weighted by Crippen LogP contribution is -2.49. The second-order valence-corrected chi connectivity index (χ2v) is 14.8. The number of carbonyl (C=O) groups is 2. The first kappa shape index (κ1) is 39.6. The second-order valence-electron chi connectivity index (χ2n) is 13.5. The van der Waals surface area contributed by atoms with Crippen LogP contribution < -0.4 is 5.73 Å². The van der Waals surface area contributed by atoms with E-state index in [1.807, 2.05) is 31.2 Å². The summed E-state index contributed by atoms with van der Waals surface area (Å²) in [6.45, 7) is 2.96. The zero-order chi connectivity index (χ0) is 38.6. The van der Waals surface area contributed by atoms with Gasteiger partial charge in [0.2, 0.25) is 0 Å². The molecule has 10 atom stereocenters. The molecule has 5 heterocycles. The standard InChI is InChI=1S/C34H45N6O13P/c1-18(49-34-23(41)13-24(19(2)50-34)52-33(45)21-14-36-22-11-8-7-10-20(21)22)9-5-3-4-6-12-26(42)53-54(46,47)48-15-25-28(43)29(44)32(51-25)40-17-39-27-30(35)37-16-38-31(27)40/h7-8,10-11,14,16-19,23-25,28-29,32,34,36,41,43-44H,3-6,9,12-13,15H2,1-2H3,(H,46,47)(H2,35,37,38)/t18-,19+,23-,24-,25-,28-,29-,32-,34-/m1/s1. The highest BCUT2D eigenvalue weighted by Gasteiger charge is 2.46. The number of phosphoric ester groups is 1. The van der Waals surface area contributed by atoms with Gasteiger partial charge < -0.3 is 49.5 Å². The molecule has 54 heavy (non-hydrogen) atoms. The van der Waals surface area contributed by atoms with Gasteiger partial charge in [-0.25, -0.2) is 24.3 Å². The molecule has 3 aromatic heterocycles. The number of aliphatic hydroxyl groups excluding tert-OH is 3. The van der Waals surface area contributed by atoms with Crippen molar-refractivity contribution in [1.29, 1.82) is 0 Å². The van der Waals surface area contributed by atoms with Crippen LogP contribution in [0.3, 0.4) is 0 Å². The molecule has 0 aliphatic carbocycles. The summed E-state index contributed by atoms with van der Waals surface area (Å²) in [5, 5.41) is 32.5. The van der Waals surface area contributed by atoms with Gasteiger partial charge in [-0.2, -0.15) is 0 Å². The summed E-state index contributed by atoms with van der Waals surface area (Å²) < 4.78 is 46.6. The lowest BCUT2D eigenvalue weighted by atomic mass is 10.0. The van der Waals surface area contributed by atoms with Crippen molar-refractivity contribution in [2.75, 3.05) is 12.3 Å². The number of carbonyl (C=O) groups excluding carboxylic acids is 2. The van der Waals surface area contributed by atoms with E-state index < -0.39 is 75.5 Å². The van der Waals surface area contributed by atoms with Gasteiger partial charge in [-0.05, 0) is 32.8 Å². The molecule has 20 heteroatoms.